The maximum Gasteiger partial charge on any atom is 0.330 e. The van der Waals surface area contributed by atoms with Gasteiger partial charge in [-0.25, -0.2) is 13.2 Å². The SMILES string of the molecule is CCOC(=O)C=C(C)C=CC=C(C)CS(=O)(=O)c1ccc(C)cc1. The van der Waals surface area contributed by atoms with E-state index in [-0.39, 0.29) is 11.7 Å². The monoisotopic (exact) mass is 348 g/mol. The summed E-state index contributed by atoms with van der Waals surface area (Å²) < 4.78 is 29.5. The van der Waals surface area contributed by atoms with Gasteiger partial charge in [-0.05, 0) is 45.4 Å². The summed E-state index contributed by atoms with van der Waals surface area (Å²) in [7, 11) is -3.34. The Morgan fingerprint density at radius 1 is 1.17 bits per heavy atom. The Morgan fingerprint density at radius 2 is 1.79 bits per heavy atom. The first-order chi connectivity index (χ1) is 11.2. The summed E-state index contributed by atoms with van der Waals surface area (Å²) in [6.45, 7) is 7.54. The highest BCUT2D eigenvalue weighted by Crippen LogP contribution is 2.15. The summed E-state index contributed by atoms with van der Waals surface area (Å²) in [5.74, 6) is -0.427. The molecule has 5 heteroatoms. The van der Waals surface area contributed by atoms with E-state index < -0.39 is 9.84 Å². The first-order valence-electron chi connectivity index (χ1n) is 7.73. The van der Waals surface area contributed by atoms with Crippen molar-refractivity contribution < 1.29 is 17.9 Å². The van der Waals surface area contributed by atoms with E-state index in [2.05, 4.69) is 0 Å². The van der Waals surface area contributed by atoms with Gasteiger partial charge < -0.3 is 4.74 Å². The topological polar surface area (TPSA) is 60.4 Å². The lowest BCUT2D eigenvalue weighted by Gasteiger charge is -2.05. The van der Waals surface area contributed by atoms with Crippen molar-refractivity contribution in [1.82, 2.24) is 0 Å². The van der Waals surface area contributed by atoms with E-state index in [1.165, 1.54) is 6.08 Å². The summed E-state index contributed by atoms with van der Waals surface area (Å²) in [5, 5.41) is 0. The quantitative estimate of drug-likeness (QED) is 0.427. The van der Waals surface area contributed by atoms with Crippen molar-refractivity contribution in [3.05, 3.63) is 65.3 Å². The van der Waals surface area contributed by atoms with Crippen molar-refractivity contribution in [2.75, 3.05) is 12.4 Å². The van der Waals surface area contributed by atoms with Gasteiger partial charge in [0.1, 0.15) is 0 Å². The van der Waals surface area contributed by atoms with Crippen LogP contribution in [0.15, 0.2) is 64.6 Å². The lowest BCUT2D eigenvalue weighted by Crippen LogP contribution is -2.07. The molecule has 0 aliphatic rings. The molecule has 0 saturated heterocycles. The lowest BCUT2D eigenvalue weighted by molar-refractivity contribution is -0.137. The molecule has 0 atom stereocenters. The molecule has 0 fully saturated rings. The van der Waals surface area contributed by atoms with E-state index in [1.54, 1.807) is 63.3 Å². The van der Waals surface area contributed by atoms with Crippen LogP contribution in [0.1, 0.15) is 26.3 Å². The minimum absolute atomic E-state index is 0.0406. The van der Waals surface area contributed by atoms with Crippen molar-refractivity contribution in [2.24, 2.45) is 0 Å². The summed E-state index contributed by atoms with van der Waals surface area (Å²) in [6, 6.07) is 6.82. The Balaban J connectivity index is 2.74. The van der Waals surface area contributed by atoms with E-state index in [4.69, 9.17) is 4.74 Å². The average molecular weight is 348 g/mol. The van der Waals surface area contributed by atoms with Gasteiger partial charge in [0.25, 0.3) is 0 Å². The molecular formula is C19H24O4S. The first kappa shape index (κ1) is 19.9. The number of ether oxygens (including phenoxy) is 1. The van der Waals surface area contributed by atoms with Gasteiger partial charge in [-0.1, -0.05) is 41.5 Å². The number of carbonyl (C=O) groups excluding carboxylic acids is 1. The number of aryl methyl sites for hydroxylation is 1. The molecular weight excluding hydrogens is 324 g/mol. The second-order valence-electron chi connectivity index (χ2n) is 5.58. The summed E-state index contributed by atoms with van der Waals surface area (Å²) in [6.07, 6.45) is 6.59. The van der Waals surface area contributed by atoms with Gasteiger partial charge in [0.05, 0.1) is 17.3 Å². The molecule has 0 aromatic heterocycles. The van der Waals surface area contributed by atoms with Crippen LogP contribution in [0.4, 0.5) is 0 Å². The zero-order valence-electron chi connectivity index (χ0n) is 14.6. The molecule has 0 bridgehead atoms. The molecule has 0 amide bonds. The summed E-state index contributed by atoms with van der Waals surface area (Å²) in [5.41, 5.74) is 2.47. The first-order valence-corrected chi connectivity index (χ1v) is 9.38. The largest absolute Gasteiger partial charge is 0.463 e. The van der Waals surface area contributed by atoms with Crippen molar-refractivity contribution in [3.8, 4) is 0 Å². The minimum Gasteiger partial charge on any atom is -0.463 e. The number of allylic oxidation sites excluding steroid dienone is 4. The van der Waals surface area contributed by atoms with Crippen LogP contribution in [-0.2, 0) is 19.4 Å². The van der Waals surface area contributed by atoms with E-state index in [1.807, 2.05) is 6.92 Å². The molecule has 0 aliphatic heterocycles. The Morgan fingerprint density at radius 3 is 2.38 bits per heavy atom. The number of hydrogen-bond acceptors (Lipinski definition) is 4. The van der Waals surface area contributed by atoms with Crippen molar-refractivity contribution in [3.63, 3.8) is 0 Å². The van der Waals surface area contributed by atoms with Gasteiger partial charge in [-0.3, -0.25) is 0 Å². The number of rotatable bonds is 7. The van der Waals surface area contributed by atoms with Crippen LogP contribution < -0.4 is 0 Å². The van der Waals surface area contributed by atoms with Gasteiger partial charge in [0, 0.05) is 6.08 Å². The molecule has 1 aromatic carbocycles. The fourth-order valence-electron chi connectivity index (χ4n) is 1.96. The zero-order chi connectivity index (χ0) is 18.2. The van der Waals surface area contributed by atoms with Crippen LogP contribution in [-0.4, -0.2) is 26.7 Å². The van der Waals surface area contributed by atoms with Gasteiger partial charge >= 0.3 is 5.97 Å². The Labute approximate surface area is 144 Å². The third-order valence-corrected chi connectivity index (χ3v) is 5.00. The van der Waals surface area contributed by atoms with E-state index in [0.29, 0.717) is 11.5 Å². The number of benzene rings is 1. The van der Waals surface area contributed by atoms with Crippen LogP contribution >= 0.6 is 0 Å². The molecule has 130 valence electrons. The average Bonchev–Trinajstić information content (AvgIpc) is 2.47. The van der Waals surface area contributed by atoms with Gasteiger partial charge in [0.2, 0.25) is 0 Å². The predicted molar refractivity (Wildman–Crippen MR) is 96.5 cm³/mol. The van der Waals surface area contributed by atoms with E-state index >= 15 is 0 Å². The summed E-state index contributed by atoms with van der Waals surface area (Å²) in [4.78, 5) is 11.6. The normalized spacial score (nSPS) is 13.3. The predicted octanol–water partition coefficient (Wildman–Crippen LogP) is 3.78. The number of carbonyl (C=O) groups is 1. The minimum atomic E-state index is -3.34. The summed E-state index contributed by atoms with van der Waals surface area (Å²) >= 11 is 0. The molecule has 1 aromatic rings. The van der Waals surface area contributed by atoms with Gasteiger partial charge in [-0.15, -0.1) is 0 Å². The second kappa shape index (κ2) is 9.23. The van der Waals surface area contributed by atoms with Gasteiger partial charge in [0.15, 0.2) is 9.84 Å². The van der Waals surface area contributed by atoms with Crippen LogP contribution in [0.25, 0.3) is 0 Å². The van der Waals surface area contributed by atoms with Crippen LogP contribution in [0.5, 0.6) is 0 Å². The lowest BCUT2D eigenvalue weighted by atomic mass is 10.2. The number of esters is 1. The Bertz CT molecular complexity index is 751. The fourth-order valence-corrected chi connectivity index (χ4v) is 3.37. The highest BCUT2D eigenvalue weighted by atomic mass is 32.2. The van der Waals surface area contributed by atoms with Crippen LogP contribution in [0.2, 0.25) is 0 Å². The molecule has 24 heavy (non-hydrogen) atoms. The van der Waals surface area contributed by atoms with Crippen molar-refractivity contribution in [2.45, 2.75) is 32.6 Å². The molecule has 0 N–H and O–H groups in total. The number of hydrogen-bond donors (Lipinski definition) is 0. The highest BCUT2D eigenvalue weighted by molar-refractivity contribution is 7.91. The molecule has 0 heterocycles. The molecule has 0 radical (unpaired) electrons. The van der Waals surface area contributed by atoms with Crippen LogP contribution in [0.3, 0.4) is 0 Å². The third kappa shape index (κ3) is 6.96. The van der Waals surface area contributed by atoms with E-state index in [9.17, 15) is 13.2 Å². The Hall–Kier alpha value is -2.14. The molecule has 1 rings (SSSR count). The molecule has 0 unspecified atom stereocenters. The Kier molecular flexibility index (Phi) is 7.65. The highest BCUT2D eigenvalue weighted by Gasteiger charge is 2.14. The standard InChI is InChI=1S/C19H24O4S/c1-5-23-19(20)13-16(3)7-6-8-17(4)14-24(21,22)18-11-9-15(2)10-12-18/h6-13H,5,14H2,1-4H3. The molecule has 0 spiro atoms. The molecule has 0 saturated carbocycles. The second-order valence-corrected chi connectivity index (χ2v) is 7.57. The number of sulfone groups is 1. The smallest absolute Gasteiger partial charge is 0.330 e. The van der Waals surface area contributed by atoms with Crippen molar-refractivity contribution >= 4 is 15.8 Å². The fraction of sp³-hybridized carbons (Fsp3) is 0.316. The third-order valence-electron chi connectivity index (χ3n) is 3.17. The molecule has 0 aliphatic carbocycles. The van der Waals surface area contributed by atoms with E-state index in [0.717, 1.165) is 16.7 Å². The maximum absolute atomic E-state index is 12.3. The zero-order valence-corrected chi connectivity index (χ0v) is 15.4. The molecule has 4 nitrogen and oxygen atoms in total. The maximum atomic E-state index is 12.3. The van der Waals surface area contributed by atoms with Gasteiger partial charge in [-0.2, -0.15) is 0 Å². The van der Waals surface area contributed by atoms with Crippen molar-refractivity contribution in [1.29, 1.82) is 0 Å². The van der Waals surface area contributed by atoms with Crippen LogP contribution in [0, 0.1) is 6.92 Å².